The van der Waals surface area contributed by atoms with Gasteiger partial charge in [-0.2, -0.15) is 4.98 Å². The van der Waals surface area contributed by atoms with Crippen LogP contribution in [-0.4, -0.2) is 20.6 Å². The summed E-state index contributed by atoms with van der Waals surface area (Å²) in [5.74, 6) is 1.04. The van der Waals surface area contributed by atoms with Crippen molar-refractivity contribution in [1.29, 1.82) is 0 Å². The van der Waals surface area contributed by atoms with E-state index < -0.39 is 5.54 Å². The molecule has 1 fully saturated rings. The van der Waals surface area contributed by atoms with E-state index in [1.807, 2.05) is 23.8 Å². The summed E-state index contributed by atoms with van der Waals surface area (Å²) in [6.07, 6.45) is 8.04. The maximum absolute atomic E-state index is 13.0. The second-order valence-electron chi connectivity index (χ2n) is 6.42. The molecule has 2 aromatic rings. The van der Waals surface area contributed by atoms with Gasteiger partial charge < -0.3 is 14.4 Å². The molecule has 3 rings (SSSR count). The van der Waals surface area contributed by atoms with Gasteiger partial charge in [0.25, 0.3) is 5.91 Å². The summed E-state index contributed by atoms with van der Waals surface area (Å²) >= 11 is 3.45. The third kappa shape index (κ3) is 3.41. The molecule has 0 spiro atoms. The highest BCUT2D eigenvalue weighted by Gasteiger charge is 2.39. The van der Waals surface area contributed by atoms with Gasteiger partial charge in [0.1, 0.15) is 11.2 Å². The van der Waals surface area contributed by atoms with Crippen molar-refractivity contribution in [2.75, 3.05) is 0 Å². The molecule has 7 heteroatoms. The quantitative estimate of drug-likeness (QED) is 0.796. The maximum Gasteiger partial charge on any atom is 0.268 e. The topological polar surface area (TPSA) is 73.0 Å². The van der Waals surface area contributed by atoms with E-state index in [1.165, 1.54) is 12.8 Å². The van der Waals surface area contributed by atoms with Crippen LogP contribution in [-0.2, 0) is 12.1 Å². The second kappa shape index (κ2) is 7.09. The number of halogens is 1. The van der Waals surface area contributed by atoms with Gasteiger partial charge in [0.2, 0.25) is 5.89 Å². The summed E-state index contributed by atoms with van der Waals surface area (Å²) in [4.78, 5) is 17.4. The first-order chi connectivity index (χ1) is 11.5. The molecule has 1 amide bonds. The molecule has 0 radical (unpaired) electrons. The lowest BCUT2D eigenvalue weighted by molar-refractivity contribution is 0.0867. The number of aromatic nitrogens is 3. The predicted molar refractivity (Wildman–Crippen MR) is 93.7 cm³/mol. The van der Waals surface area contributed by atoms with Gasteiger partial charge in [-0.25, -0.2) is 0 Å². The van der Waals surface area contributed by atoms with Crippen molar-refractivity contribution in [2.24, 2.45) is 0 Å². The highest BCUT2D eigenvalue weighted by molar-refractivity contribution is 9.10. The zero-order chi connectivity index (χ0) is 17.2. The van der Waals surface area contributed by atoms with E-state index in [1.54, 1.807) is 6.92 Å². The zero-order valence-electron chi connectivity index (χ0n) is 14.1. The van der Waals surface area contributed by atoms with Crippen molar-refractivity contribution in [3.05, 3.63) is 34.1 Å². The number of nitrogens with zero attached hydrogens (tertiary/aromatic N) is 3. The Morgan fingerprint density at radius 3 is 2.67 bits per heavy atom. The fraction of sp³-hybridized carbons (Fsp3) is 0.588. The third-order valence-corrected chi connectivity index (χ3v) is 5.14. The number of aryl methyl sites for hydroxylation is 2. The highest BCUT2D eigenvalue weighted by Crippen LogP contribution is 2.35. The fourth-order valence-electron chi connectivity index (χ4n) is 3.44. The van der Waals surface area contributed by atoms with E-state index in [2.05, 4.69) is 31.4 Å². The van der Waals surface area contributed by atoms with Crippen LogP contribution in [0.4, 0.5) is 0 Å². The summed E-state index contributed by atoms with van der Waals surface area (Å²) in [7, 11) is 0. The van der Waals surface area contributed by atoms with Gasteiger partial charge in [-0.15, -0.1) is 0 Å². The van der Waals surface area contributed by atoms with Gasteiger partial charge in [0.15, 0.2) is 5.82 Å². The van der Waals surface area contributed by atoms with Crippen molar-refractivity contribution in [1.82, 2.24) is 20.0 Å². The van der Waals surface area contributed by atoms with Crippen molar-refractivity contribution in [2.45, 2.75) is 64.5 Å². The number of amides is 1. The minimum absolute atomic E-state index is 0.0908. The van der Waals surface area contributed by atoms with Crippen LogP contribution in [0, 0.1) is 6.92 Å². The lowest BCUT2D eigenvalue weighted by Gasteiger charge is -2.30. The lowest BCUT2D eigenvalue weighted by Crippen LogP contribution is -2.47. The van der Waals surface area contributed by atoms with E-state index in [0.717, 1.165) is 36.7 Å². The molecule has 0 atom stereocenters. The molecule has 0 aromatic carbocycles. The van der Waals surface area contributed by atoms with Crippen molar-refractivity contribution in [3.8, 4) is 0 Å². The van der Waals surface area contributed by atoms with Crippen molar-refractivity contribution >= 4 is 21.8 Å². The first-order valence-electron chi connectivity index (χ1n) is 8.53. The monoisotopic (exact) mass is 394 g/mol. The minimum Gasteiger partial charge on any atom is -0.343 e. The van der Waals surface area contributed by atoms with Crippen molar-refractivity contribution in [3.63, 3.8) is 0 Å². The van der Waals surface area contributed by atoms with Gasteiger partial charge >= 0.3 is 0 Å². The standard InChI is InChI=1S/C17H23BrN4O2/c1-3-22-11-13(18)10-14(22)15(23)20-17(8-6-4-5-7-9-17)16-19-12(2)24-21-16/h10-11H,3-9H2,1-2H3,(H,20,23). The van der Waals surface area contributed by atoms with Crippen LogP contribution in [0.2, 0.25) is 0 Å². The fourth-order valence-corrected chi connectivity index (χ4v) is 3.90. The summed E-state index contributed by atoms with van der Waals surface area (Å²) in [5.41, 5.74) is 0.105. The first-order valence-corrected chi connectivity index (χ1v) is 9.32. The molecule has 1 aliphatic rings. The molecule has 0 saturated heterocycles. The molecule has 130 valence electrons. The molecule has 0 aliphatic heterocycles. The van der Waals surface area contributed by atoms with Crippen LogP contribution < -0.4 is 5.32 Å². The van der Waals surface area contributed by atoms with Gasteiger partial charge in [0, 0.05) is 24.1 Å². The van der Waals surface area contributed by atoms with E-state index in [0.29, 0.717) is 17.4 Å². The molecule has 1 saturated carbocycles. The number of carbonyl (C=O) groups is 1. The molecule has 1 aliphatic carbocycles. The zero-order valence-corrected chi connectivity index (χ0v) is 15.7. The van der Waals surface area contributed by atoms with Crippen LogP contribution in [0.15, 0.2) is 21.3 Å². The SMILES string of the molecule is CCn1cc(Br)cc1C(=O)NC1(c2noc(C)n2)CCCCCC1. The Morgan fingerprint density at radius 2 is 2.08 bits per heavy atom. The van der Waals surface area contributed by atoms with E-state index in [-0.39, 0.29) is 5.91 Å². The lowest BCUT2D eigenvalue weighted by atomic mass is 9.89. The number of hydrogen-bond donors (Lipinski definition) is 1. The van der Waals surface area contributed by atoms with Crippen LogP contribution in [0.3, 0.4) is 0 Å². The van der Waals surface area contributed by atoms with Gasteiger partial charge in [-0.05, 0) is 41.8 Å². The molecule has 2 heterocycles. The van der Waals surface area contributed by atoms with E-state index >= 15 is 0 Å². The summed E-state index contributed by atoms with van der Waals surface area (Å²) in [5, 5.41) is 7.37. The summed E-state index contributed by atoms with van der Waals surface area (Å²) in [6, 6.07) is 1.85. The molecule has 0 bridgehead atoms. The number of rotatable bonds is 4. The number of hydrogen-bond acceptors (Lipinski definition) is 4. The van der Waals surface area contributed by atoms with Crippen LogP contribution >= 0.6 is 15.9 Å². The average molecular weight is 395 g/mol. The maximum atomic E-state index is 13.0. The van der Waals surface area contributed by atoms with Crippen LogP contribution in [0.5, 0.6) is 0 Å². The molecule has 0 unspecified atom stereocenters. The van der Waals surface area contributed by atoms with E-state index in [9.17, 15) is 4.79 Å². The summed E-state index contributed by atoms with van der Waals surface area (Å²) in [6.45, 7) is 4.54. The second-order valence-corrected chi connectivity index (χ2v) is 7.33. The number of carbonyl (C=O) groups excluding carboxylic acids is 1. The molecular formula is C17H23BrN4O2. The predicted octanol–water partition coefficient (Wildman–Crippen LogP) is 3.94. The van der Waals surface area contributed by atoms with Crippen LogP contribution in [0.1, 0.15) is 67.7 Å². The third-order valence-electron chi connectivity index (χ3n) is 4.70. The van der Waals surface area contributed by atoms with Gasteiger partial charge in [-0.1, -0.05) is 30.8 Å². The average Bonchev–Trinajstić information content (AvgIpc) is 3.08. The normalized spacial score (nSPS) is 17.5. The molecule has 24 heavy (non-hydrogen) atoms. The Kier molecular flexibility index (Phi) is 5.08. The summed E-state index contributed by atoms with van der Waals surface area (Å²) < 4.78 is 8.03. The first kappa shape index (κ1) is 17.2. The van der Waals surface area contributed by atoms with Crippen LogP contribution in [0.25, 0.3) is 0 Å². The van der Waals surface area contributed by atoms with Crippen molar-refractivity contribution < 1.29 is 9.32 Å². The Morgan fingerprint density at radius 1 is 1.38 bits per heavy atom. The Hall–Kier alpha value is -1.63. The van der Waals surface area contributed by atoms with Gasteiger partial charge in [-0.3, -0.25) is 4.79 Å². The Bertz CT molecular complexity index is 714. The molecule has 1 N–H and O–H groups in total. The Balaban J connectivity index is 1.92. The molecule has 2 aromatic heterocycles. The molecule has 6 nitrogen and oxygen atoms in total. The largest absolute Gasteiger partial charge is 0.343 e. The molecular weight excluding hydrogens is 372 g/mol. The van der Waals surface area contributed by atoms with E-state index in [4.69, 9.17) is 4.52 Å². The minimum atomic E-state index is -0.541. The Labute approximate surface area is 150 Å². The number of nitrogens with one attached hydrogen (secondary N) is 1. The van der Waals surface area contributed by atoms with Gasteiger partial charge in [0.05, 0.1) is 0 Å². The highest BCUT2D eigenvalue weighted by atomic mass is 79.9. The smallest absolute Gasteiger partial charge is 0.268 e.